The Kier molecular flexibility index (Phi) is 9.21. The van der Waals surface area contributed by atoms with Gasteiger partial charge in [-0.05, 0) is 43.7 Å². The van der Waals surface area contributed by atoms with Crippen molar-refractivity contribution < 1.29 is 19.1 Å². The molecule has 0 aliphatic carbocycles. The number of urea groups is 1. The highest BCUT2D eigenvalue weighted by atomic mass is 32.2. The number of ether oxygens (including phenoxy) is 2. The Hall–Kier alpha value is -2.67. The molecule has 2 amide bonds. The van der Waals surface area contributed by atoms with E-state index in [0.717, 1.165) is 17.1 Å². The number of rotatable bonds is 10. The van der Waals surface area contributed by atoms with Gasteiger partial charge in [-0.15, -0.1) is 0 Å². The standard InChI is InChI=1S/C21H26N2O4S/c1-3-26-18-12-10-17(11-13-18)22-21(25)23-19(20(24)27-4-2)15-28-14-16-8-6-5-7-9-16/h5-13,19H,3-4,14-15H2,1-2H3,(H2,22,23,25). The van der Waals surface area contributed by atoms with Gasteiger partial charge in [-0.25, -0.2) is 9.59 Å². The first-order valence-corrected chi connectivity index (χ1v) is 10.4. The van der Waals surface area contributed by atoms with E-state index in [0.29, 0.717) is 18.0 Å². The molecule has 150 valence electrons. The van der Waals surface area contributed by atoms with Crippen molar-refractivity contribution in [1.82, 2.24) is 5.32 Å². The molecule has 0 aliphatic rings. The van der Waals surface area contributed by atoms with Gasteiger partial charge < -0.3 is 20.1 Å². The Morgan fingerprint density at radius 2 is 1.71 bits per heavy atom. The van der Waals surface area contributed by atoms with E-state index in [1.807, 2.05) is 37.3 Å². The lowest BCUT2D eigenvalue weighted by atomic mass is 10.2. The molecule has 0 bridgehead atoms. The molecular weight excluding hydrogens is 376 g/mol. The van der Waals surface area contributed by atoms with Gasteiger partial charge in [-0.2, -0.15) is 11.8 Å². The monoisotopic (exact) mass is 402 g/mol. The van der Waals surface area contributed by atoms with Gasteiger partial charge in [0, 0.05) is 17.2 Å². The second kappa shape index (κ2) is 11.9. The van der Waals surface area contributed by atoms with Crippen LogP contribution in [0.4, 0.5) is 10.5 Å². The molecule has 1 atom stereocenters. The minimum Gasteiger partial charge on any atom is -0.494 e. The molecule has 2 rings (SSSR count). The second-order valence-electron chi connectivity index (χ2n) is 5.86. The third-order valence-electron chi connectivity index (χ3n) is 3.70. The van der Waals surface area contributed by atoms with E-state index in [2.05, 4.69) is 10.6 Å². The molecule has 1 unspecified atom stereocenters. The van der Waals surface area contributed by atoms with Crippen LogP contribution in [0.1, 0.15) is 19.4 Å². The Balaban J connectivity index is 1.89. The molecule has 0 heterocycles. The van der Waals surface area contributed by atoms with Gasteiger partial charge in [0.05, 0.1) is 13.2 Å². The highest BCUT2D eigenvalue weighted by molar-refractivity contribution is 7.98. The fraction of sp³-hybridized carbons (Fsp3) is 0.333. The number of amides is 2. The number of carbonyl (C=O) groups excluding carboxylic acids is 2. The lowest BCUT2D eigenvalue weighted by Crippen LogP contribution is -2.45. The third kappa shape index (κ3) is 7.52. The number of anilines is 1. The van der Waals surface area contributed by atoms with Crippen molar-refractivity contribution in [3.63, 3.8) is 0 Å². The van der Waals surface area contributed by atoms with Crippen LogP contribution >= 0.6 is 11.8 Å². The van der Waals surface area contributed by atoms with Gasteiger partial charge in [0.1, 0.15) is 11.8 Å². The first-order valence-electron chi connectivity index (χ1n) is 9.21. The zero-order chi connectivity index (χ0) is 20.2. The van der Waals surface area contributed by atoms with Gasteiger partial charge in [0.2, 0.25) is 0 Å². The van der Waals surface area contributed by atoms with Gasteiger partial charge in [-0.3, -0.25) is 0 Å². The van der Waals surface area contributed by atoms with E-state index < -0.39 is 18.0 Å². The molecule has 0 saturated heterocycles. The van der Waals surface area contributed by atoms with Crippen LogP contribution in [0.5, 0.6) is 5.75 Å². The van der Waals surface area contributed by atoms with Crippen molar-refractivity contribution in [2.75, 3.05) is 24.3 Å². The lowest BCUT2D eigenvalue weighted by Gasteiger charge is -2.17. The van der Waals surface area contributed by atoms with Crippen molar-refractivity contribution in [3.05, 3.63) is 60.2 Å². The number of carbonyl (C=O) groups is 2. The average molecular weight is 403 g/mol. The van der Waals surface area contributed by atoms with E-state index in [1.54, 1.807) is 43.0 Å². The van der Waals surface area contributed by atoms with Crippen molar-refractivity contribution >= 4 is 29.4 Å². The summed E-state index contributed by atoms with van der Waals surface area (Å²) in [5.74, 6) is 1.46. The van der Waals surface area contributed by atoms with Crippen LogP contribution < -0.4 is 15.4 Å². The Morgan fingerprint density at radius 1 is 1.00 bits per heavy atom. The minimum atomic E-state index is -0.726. The summed E-state index contributed by atoms with van der Waals surface area (Å²) in [4.78, 5) is 24.5. The SMILES string of the molecule is CCOC(=O)C(CSCc1ccccc1)NC(=O)Nc1ccc(OCC)cc1. The zero-order valence-corrected chi connectivity index (χ0v) is 17.0. The summed E-state index contributed by atoms with van der Waals surface area (Å²) in [6, 6.07) is 15.8. The molecule has 7 heteroatoms. The molecule has 0 radical (unpaired) electrons. The normalized spacial score (nSPS) is 11.4. The summed E-state index contributed by atoms with van der Waals surface area (Å²) < 4.78 is 10.5. The zero-order valence-electron chi connectivity index (χ0n) is 16.1. The van der Waals surface area contributed by atoms with Gasteiger partial charge in [0.15, 0.2) is 0 Å². The summed E-state index contributed by atoms with van der Waals surface area (Å²) in [5.41, 5.74) is 1.77. The van der Waals surface area contributed by atoms with Crippen molar-refractivity contribution in [2.24, 2.45) is 0 Å². The molecule has 0 aromatic heterocycles. The van der Waals surface area contributed by atoms with E-state index in [9.17, 15) is 9.59 Å². The number of thioether (sulfide) groups is 1. The second-order valence-corrected chi connectivity index (χ2v) is 6.89. The largest absolute Gasteiger partial charge is 0.494 e. The van der Waals surface area contributed by atoms with E-state index in [1.165, 1.54) is 0 Å². The molecule has 0 fully saturated rings. The van der Waals surface area contributed by atoms with Crippen LogP contribution in [0.2, 0.25) is 0 Å². The van der Waals surface area contributed by atoms with Crippen LogP contribution in [0.3, 0.4) is 0 Å². The molecule has 0 aliphatic heterocycles. The summed E-state index contributed by atoms with van der Waals surface area (Å²) in [7, 11) is 0. The highest BCUT2D eigenvalue weighted by Gasteiger charge is 2.22. The molecule has 0 saturated carbocycles. The maximum Gasteiger partial charge on any atom is 0.329 e. The quantitative estimate of drug-likeness (QED) is 0.586. The summed E-state index contributed by atoms with van der Waals surface area (Å²) in [6.45, 7) is 4.49. The summed E-state index contributed by atoms with van der Waals surface area (Å²) in [5, 5.41) is 5.42. The number of hydrogen-bond donors (Lipinski definition) is 2. The number of esters is 1. The average Bonchev–Trinajstić information content (AvgIpc) is 2.70. The minimum absolute atomic E-state index is 0.265. The Bertz CT molecular complexity index is 738. The molecule has 0 spiro atoms. The van der Waals surface area contributed by atoms with E-state index in [-0.39, 0.29) is 6.61 Å². The number of nitrogens with one attached hydrogen (secondary N) is 2. The predicted octanol–water partition coefficient (Wildman–Crippen LogP) is 4.07. The summed E-state index contributed by atoms with van der Waals surface area (Å²) >= 11 is 1.56. The van der Waals surface area contributed by atoms with Gasteiger partial charge in [-0.1, -0.05) is 30.3 Å². The van der Waals surface area contributed by atoms with Crippen LogP contribution in [0, 0.1) is 0 Å². The maximum atomic E-state index is 12.3. The lowest BCUT2D eigenvalue weighted by molar-refractivity contribution is -0.144. The summed E-state index contributed by atoms with van der Waals surface area (Å²) in [6.07, 6.45) is 0. The van der Waals surface area contributed by atoms with Crippen molar-refractivity contribution in [2.45, 2.75) is 25.6 Å². The maximum absolute atomic E-state index is 12.3. The molecule has 6 nitrogen and oxygen atoms in total. The Labute approximate surface area is 170 Å². The molecule has 28 heavy (non-hydrogen) atoms. The molecule has 2 aromatic rings. The van der Waals surface area contributed by atoms with Crippen LogP contribution in [-0.2, 0) is 15.3 Å². The fourth-order valence-electron chi connectivity index (χ4n) is 2.41. The van der Waals surface area contributed by atoms with Crippen LogP contribution in [-0.4, -0.2) is 37.0 Å². The number of hydrogen-bond acceptors (Lipinski definition) is 5. The third-order valence-corrected chi connectivity index (χ3v) is 4.80. The van der Waals surface area contributed by atoms with Gasteiger partial charge in [0.25, 0.3) is 0 Å². The molecule has 2 aromatic carbocycles. The first-order chi connectivity index (χ1) is 13.6. The first kappa shape index (κ1) is 21.6. The smallest absolute Gasteiger partial charge is 0.329 e. The van der Waals surface area contributed by atoms with Crippen molar-refractivity contribution in [1.29, 1.82) is 0 Å². The van der Waals surface area contributed by atoms with Crippen LogP contribution in [0.15, 0.2) is 54.6 Å². The van der Waals surface area contributed by atoms with E-state index >= 15 is 0 Å². The van der Waals surface area contributed by atoms with Crippen molar-refractivity contribution in [3.8, 4) is 5.75 Å². The Morgan fingerprint density at radius 3 is 2.36 bits per heavy atom. The molecular formula is C21H26N2O4S. The van der Waals surface area contributed by atoms with E-state index in [4.69, 9.17) is 9.47 Å². The van der Waals surface area contributed by atoms with Crippen LogP contribution in [0.25, 0.3) is 0 Å². The highest BCUT2D eigenvalue weighted by Crippen LogP contribution is 2.16. The predicted molar refractivity (Wildman–Crippen MR) is 113 cm³/mol. The fourth-order valence-corrected chi connectivity index (χ4v) is 3.41. The topological polar surface area (TPSA) is 76.7 Å². The molecule has 2 N–H and O–H groups in total. The number of benzene rings is 2. The van der Waals surface area contributed by atoms with Gasteiger partial charge >= 0.3 is 12.0 Å².